The molecular formula is C14H24N2O2. The van der Waals surface area contributed by atoms with Crippen LogP contribution in [0.2, 0.25) is 0 Å². The summed E-state index contributed by atoms with van der Waals surface area (Å²) in [5, 5.41) is 15.2. The molecule has 0 aromatic rings. The fourth-order valence-corrected chi connectivity index (χ4v) is 2.51. The van der Waals surface area contributed by atoms with Gasteiger partial charge in [-0.3, -0.25) is 4.79 Å². The Hall–Kier alpha value is -1.05. The van der Waals surface area contributed by atoms with Crippen molar-refractivity contribution >= 4 is 5.91 Å². The zero-order valence-corrected chi connectivity index (χ0v) is 11.1. The van der Waals surface area contributed by atoms with Crippen molar-refractivity contribution in [2.45, 2.75) is 38.6 Å². The maximum atomic E-state index is 11.6. The highest BCUT2D eigenvalue weighted by Crippen LogP contribution is 2.29. The quantitative estimate of drug-likeness (QED) is 0.604. The fraction of sp³-hybridized carbons (Fsp3) is 0.786. The van der Waals surface area contributed by atoms with E-state index in [1.54, 1.807) is 0 Å². The molecule has 102 valence electrons. The SMILES string of the molecule is C#CCNC(=O)C(C)NCC1CCCCC1CO. The van der Waals surface area contributed by atoms with Crippen LogP contribution < -0.4 is 10.6 Å². The van der Waals surface area contributed by atoms with Crippen LogP contribution in [0.3, 0.4) is 0 Å². The monoisotopic (exact) mass is 252 g/mol. The van der Waals surface area contributed by atoms with Crippen LogP contribution in [-0.4, -0.2) is 36.8 Å². The van der Waals surface area contributed by atoms with E-state index in [0.717, 1.165) is 19.4 Å². The maximum Gasteiger partial charge on any atom is 0.237 e. The topological polar surface area (TPSA) is 61.4 Å². The van der Waals surface area contributed by atoms with Crippen molar-refractivity contribution in [3.63, 3.8) is 0 Å². The number of terminal acetylenes is 1. The molecule has 0 radical (unpaired) electrons. The van der Waals surface area contributed by atoms with Gasteiger partial charge in [-0.15, -0.1) is 6.42 Å². The van der Waals surface area contributed by atoms with Crippen LogP contribution in [0.1, 0.15) is 32.6 Å². The molecule has 1 aliphatic rings. The zero-order valence-electron chi connectivity index (χ0n) is 11.1. The van der Waals surface area contributed by atoms with Gasteiger partial charge < -0.3 is 15.7 Å². The third-order valence-corrected chi connectivity index (χ3v) is 3.75. The summed E-state index contributed by atoms with van der Waals surface area (Å²) in [7, 11) is 0. The second-order valence-corrected chi connectivity index (χ2v) is 5.04. The maximum absolute atomic E-state index is 11.6. The van der Waals surface area contributed by atoms with E-state index in [1.165, 1.54) is 12.8 Å². The Morgan fingerprint density at radius 3 is 2.72 bits per heavy atom. The summed E-state index contributed by atoms with van der Waals surface area (Å²) in [6.07, 6.45) is 9.76. The molecule has 1 saturated carbocycles. The first-order chi connectivity index (χ1) is 8.69. The molecule has 3 N–H and O–H groups in total. The highest BCUT2D eigenvalue weighted by molar-refractivity contribution is 5.81. The summed E-state index contributed by atoms with van der Waals surface area (Å²) >= 11 is 0. The molecule has 0 spiro atoms. The van der Waals surface area contributed by atoms with E-state index < -0.39 is 0 Å². The summed E-state index contributed by atoms with van der Waals surface area (Å²) in [5.74, 6) is 3.18. The van der Waals surface area contributed by atoms with Gasteiger partial charge in [0.25, 0.3) is 0 Å². The van der Waals surface area contributed by atoms with Gasteiger partial charge in [-0.1, -0.05) is 18.8 Å². The number of rotatable bonds is 6. The Morgan fingerprint density at radius 1 is 1.44 bits per heavy atom. The molecule has 3 unspecified atom stereocenters. The number of carbonyl (C=O) groups is 1. The molecule has 4 heteroatoms. The third kappa shape index (κ3) is 4.67. The Bertz CT molecular complexity index is 299. The van der Waals surface area contributed by atoms with Crippen molar-refractivity contribution in [1.82, 2.24) is 10.6 Å². The van der Waals surface area contributed by atoms with Crippen molar-refractivity contribution in [2.24, 2.45) is 11.8 Å². The first-order valence-electron chi connectivity index (χ1n) is 6.74. The number of amides is 1. The zero-order chi connectivity index (χ0) is 13.4. The van der Waals surface area contributed by atoms with Gasteiger partial charge >= 0.3 is 0 Å². The van der Waals surface area contributed by atoms with Crippen LogP contribution in [0, 0.1) is 24.2 Å². The third-order valence-electron chi connectivity index (χ3n) is 3.75. The summed E-state index contributed by atoms with van der Waals surface area (Å²) < 4.78 is 0. The number of aliphatic hydroxyl groups excluding tert-OH is 1. The number of aliphatic hydroxyl groups is 1. The molecule has 0 saturated heterocycles. The number of carbonyl (C=O) groups excluding carboxylic acids is 1. The summed E-state index contributed by atoms with van der Waals surface area (Å²) in [4.78, 5) is 11.6. The van der Waals surface area contributed by atoms with E-state index in [-0.39, 0.29) is 25.1 Å². The molecule has 18 heavy (non-hydrogen) atoms. The predicted molar refractivity (Wildman–Crippen MR) is 71.8 cm³/mol. The number of nitrogens with one attached hydrogen (secondary N) is 2. The lowest BCUT2D eigenvalue weighted by molar-refractivity contribution is -0.122. The van der Waals surface area contributed by atoms with E-state index >= 15 is 0 Å². The molecular weight excluding hydrogens is 228 g/mol. The van der Waals surface area contributed by atoms with Crippen LogP contribution in [-0.2, 0) is 4.79 Å². The minimum absolute atomic E-state index is 0.0655. The highest BCUT2D eigenvalue weighted by atomic mass is 16.3. The van der Waals surface area contributed by atoms with Crippen LogP contribution in [0.25, 0.3) is 0 Å². The smallest absolute Gasteiger partial charge is 0.237 e. The average molecular weight is 252 g/mol. The molecule has 1 aliphatic carbocycles. The average Bonchev–Trinajstić information content (AvgIpc) is 2.42. The Morgan fingerprint density at radius 2 is 2.11 bits per heavy atom. The fourth-order valence-electron chi connectivity index (χ4n) is 2.51. The minimum Gasteiger partial charge on any atom is -0.396 e. The van der Waals surface area contributed by atoms with Crippen LogP contribution in [0.15, 0.2) is 0 Å². The van der Waals surface area contributed by atoms with Gasteiger partial charge in [0.1, 0.15) is 0 Å². The standard InChI is InChI=1S/C14H24N2O2/c1-3-8-15-14(18)11(2)16-9-12-6-4-5-7-13(12)10-17/h1,11-13,16-17H,4-10H2,2H3,(H,15,18). The minimum atomic E-state index is -0.236. The van der Waals surface area contributed by atoms with Crippen molar-refractivity contribution in [2.75, 3.05) is 19.7 Å². The van der Waals surface area contributed by atoms with Gasteiger partial charge in [0.15, 0.2) is 0 Å². The lowest BCUT2D eigenvalue weighted by atomic mass is 9.79. The number of hydrogen-bond acceptors (Lipinski definition) is 3. The largest absolute Gasteiger partial charge is 0.396 e. The molecule has 3 atom stereocenters. The summed E-state index contributed by atoms with van der Waals surface area (Å²) in [6, 6.07) is -0.236. The second kappa shape index (κ2) is 8.12. The van der Waals surface area contributed by atoms with E-state index in [4.69, 9.17) is 6.42 Å². The van der Waals surface area contributed by atoms with Crippen LogP contribution in [0.5, 0.6) is 0 Å². The first kappa shape index (κ1) is 15.0. The molecule has 1 rings (SSSR count). The summed E-state index contributed by atoms with van der Waals surface area (Å²) in [5.41, 5.74) is 0. The van der Waals surface area contributed by atoms with Crippen LogP contribution >= 0.6 is 0 Å². The molecule has 1 amide bonds. The Balaban J connectivity index is 2.30. The van der Waals surface area contributed by atoms with Crippen molar-refractivity contribution in [3.8, 4) is 12.3 Å². The molecule has 0 bridgehead atoms. The molecule has 0 aliphatic heterocycles. The normalized spacial score (nSPS) is 25.2. The van der Waals surface area contributed by atoms with Gasteiger partial charge in [0.05, 0.1) is 12.6 Å². The number of hydrogen-bond donors (Lipinski definition) is 3. The van der Waals surface area contributed by atoms with Gasteiger partial charge in [-0.25, -0.2) is 0 Å². The Labute approximate surface area is 110 Å². The lowest BCUT2D eigenvalue weighted by Gasteiger charge is -2.31. The van der Waals surface area contributed by atoms with E-state index in [1.807, 2.05) is 6.92 Å². The van der Waals surface area contributed by atoms with Gasteiger partial charge in [-0.2, -0.15) is 0 Å². The van der Waals surface area contributed by atoms with Crippen molar-refractivity contribution < 1.29 is 9.90 Å². The summed E-state index contributed by atoms with van der Waals surface area (Å²) in [6.45, 7) is 3.15. The first-order valence-corrected chi connectivity index (χ1v) is 6.74. The van der Waals surface area contributed by atoms with E-state index in [2.05, 4.69) is 16.6 Å². The molecule has 4 nitrogen and oxygen atoms in total. The van der Waals surface area contributed by atoms with E-state index in [9.17, 15) is 9.90 Å². The highest BCUT2D eigenvalue weighted by Gasteiger charge is 2.25. The molecule has 0 aromatic heterocycles. The van der Waals surface area contributed by atoms with Gasteiger partial charge in [-0.05, 0) is 38.1 Å². The van der Waals surface area contributed by atoms with Gasteiger partial charge in [0.2, 0.25) is 5.91 Å². The lowest BCUT2D eigenvalue weighted by Crippen LogP contribution is -2.45. The van der Waals surface area contributed by atoms with E-state index in [0.29, 0.717) is 11.8 Å². The molecule has 0 heterocycles. The van der Waals surface area contributed by atoms with Gasteiger partial charge in [0, 0.05) is 6.61 Å². The predicted octanol–water partition coefficient (Wildman–Crippen LogP) is 0.513. The van der Waals surface area contributed by atoms with Crippen molar-refractivity contribution in [3.05, 3.63) is 0 Å². The molecule has 1 fully saturated rings. The molecule has 0 aromatic carbocycles. The second-order valence-electron chi connectivity index (χ2n) is 5.04. The Kier molecular flexibility index (Phi) is 6.77. The van der Waals surface area contributed by atoms with Crippen molar-refractivity contribution in [1.29, 1.82) is 0 Å². The van der Waals surface area contributed by atoms with Crippen LogP contribution in [0.4, 0.5) is 0 Å².